The minimum atomic E-state index is -0.618. The van der Waals surface area contributed by atoms with Crippen molar-refractivity contribution in [1.29, 1.82) is 0 Å². The van der Waals surface area contributed by atoms with Gasteiger partial charge in [-0.2, -0.15) is 0 Å². The Morgan fingerprint density at radius 1 is 1.27 bits per heavy atom. The molecule has 0 bridgehead atoms. The second-order valence-corrected chi connectivity index (χ2v) is 3.67. The fraction of sp³-hybridized carbons (Fsp3) is 0.778. The van der Waals surface area contributed by atoms with Crippen molar-refractivity contribution in [3.05, 3.63) is 0 Å². The van der Waals surface area contributed by atoms with Crippen molar-refractivity contribution in [2.75, 3.05) is 6.61 Å². The van der Waals surface area contributed by atoms with Crippen LogP contribution in [0.1, 0.15) is 32.1 Å². The number of carbonyl (C=O) groups is 2. The molecule has 0 aromatic heterocycles. The predicted molar refractivity (Wildman–Crippen MR) is 53.7 cm³/mol. The molecule has 1 saturated carbocycles. The average Bonchev–Trinajstić information content (AvgIpc) is 2.18. The Hall–Kier alpha value is -1.30. The van der Waals surface area contributed by atoms with Crippen molar-refractivity contribution in [2.45, 2.75) is 38.1 Å². The van der Waals surface area contributed by atoms with Crippen LogP contribution in [0.25, 0.3) is 0 Å². The zero-order valence-corrected chi connectivity index (χ0v) is 8.62. The molecule has 6 heteroatoms. The van der Waals surface area contributed by atoms with E-state index in [1.165, 1.54) is 6.42 Å². The summed E-state index contributed by atoms with van der Waals surface area (Å²) in [5, 5.41) is 2.77. The van der Waals surface area contributed by atoms with Gasteiger partial charge in [0, 0.05) is 6.04 Å². The topological polar surface area (TPSA) is 93.5 Å². The quantitative estimate of drug-likeness (QED) is 0.578. The van der Waals surface area contributed by atoms with E-state index in [4.69, 9.17) is 5.73 Å². The van der Waals surface area contributed by atoms with Gasteiger partial charge in [-0.15, -0.1) is 0 Å². The van der Waals surface area contributed by atoms with Crippen molar-refractivity contribution < 1.29 is 14.4 Å². The summed E-state index contributed by atoms with van der Waals surface area (Å²) in [6, 6.07) is -0.195. The molecular weight excluding hydrogens is 198 g/mol. The van der Waals surface area contributed by atoms with Crippen molar-refractivity contribution in [3.63, 3.8) is 0 Å². The summed E-state index contributed by atoms with van der Waals surface area (Å²) in [5.41, 5.74) is 6.94. The third-order valence-electron chi connectivity index (χ3n) is 2.32. The Bertz CT molecular complexity index is 227. The Balaban J connectivity index is 2.09. The Morgan fingerprint density at radius 3 is 2.53 bits per heavy atom. The van der Waals surface area contributed by atoms with Gasteiger partial charge in [0.25, 0.3) is 0 Å². The molecule has 0 unspecified atom stereocenters. The first-order valence-corrected chi connectivity index (χ1v) is 5.15. The van der Waals surface area contributed by atoms with Crippen molar-refractivity contribution >= 4 is 11.9 Å². The molecule has 6 nitrogen and oxygen atoms in total. The minimum Gasteiger partial charge on any atom is -0.368 e. The fourth-order valence-corrected chi connectivity index (χ4v) is 1.63. The normalized spacial score (nSPS) is 17.1. The molecule has 0 aromatic rings. The number of nitrogens with two attached hydrogens (primary N) is 1. The maximum absolute atomic E-state index is 11.2. The number of primary amides is 1. The predicted octanol–water partition coefficient (Wildman–Crippen LogP) is 0.0352. The number of hydrogen-bond acceptors (Lipinski definition) is 3. The zero-order chi connectivity index (χ0) is 11.1. The van der Waals surface area contributed by atoms with Crippen LogP contribution >= 0.6 is 0 Å². The van der Waals surface area contributed by atoms with Crippen LogP contribution in [0.3, 0.4) is 0 Å². The maximum atomic E-state index is 11.2. The van der Waals surface area contributed by atoms with E-state index in [2.05, 4.69) is 15.6 Å². The largest absolute Gasteiger partial charge is 0.368 e. The monoisotopic (exact) mass is 215 g/mol. The van der Waals surface area contributed by atoms with Gasteiger partial charge in [-0.25, -0.2) is 10.3 Å². The summed E-state index contributed by atoms with van der Waals surface area (Å²) in [4.78, 5) is 26.1. The summed E-state index contributed by atoms with van der Waals surface area (Å²) in [7, 11) is 0. The highest BCUT2D eigenvalue weighted by atomic mass is 16.7. The molecule has 0 saturated heterocycles. The van der Waals surface area contributed by atoms with Gasteiger partial charge in [0.2, 0.25) is 5.91 Å². The van der Waals surface area contributed by atoms with Gasteiger partial charge in [-0.3, -0.25) is 9.63 Å². The molecule has 0 aliphatic heterocycles. The highest BCUT2D eigenvalue weighted by Crippen LogP contribution is 2.16. The minimum absolute atomic E-state index is 0.218. The van der Waals surface area contributed by atoms with Crippen LogP contribution in [0.2, 0.25) is 0 Å². The van der Waals surface area contributed by atoms with Gasteiger partial charge < -0.3 is 11.1 Å². The van der Waals surface area contributed by atoms with Crippen LogP contribution in [-0.4, -0.2) is 24.6 Å². The molecule has 0 aromatic carbocycles. The number of amides is 3. The molecule has 0 heterocycles. The molecular formula is C9H17N3O3. The first-order chi connectivity index (χ1) is 7.18. The summed E-state index contributed by atoms with van der Waals surface area (Å²) in [6.07, 6.45) is 5.53. The van der Waals surface area contributed by atoms with Gasteiger partial charge >= 0.3 is 6.03 Å². The van der Waals surface area contributed by atoms with Gasteiger partial charge in [0.15, 0.2) is 6.61 Å². The molecule has 1 aliphatic carbocycles. The van der Waals surface area contributed by atoms with Crippen LogP contribution < -0.4 is 16.5 Å². The van der Waals surface area contributed by atoms with E-state index >= 15 is 0 Å². The van der Waals surface area contributed by atoms with E-state index in [-0.39, 0.29) is 12.6 Å². The molecule has 15 heavy (non-hydrogen) atoms. The second-order valence-electron chi connectivity index (χ2n) is 3.67. The van der Waals surface area contributed by atoms with Crippen LogP contribution in [0.15, 0.2) is 0 Å². The molecule has 1 fully saturated rings. The van der Waals surface area contributed by atoms with E-state index in [0.29, 0.717) is 0 Å². The lowest BCUT2D eigenvalue weighted by molar-refractivity contribution is -0.124. The lowest BCUT2D eigenvalue weighted by Crippen LogP contribution is -2.43. The number of carbonyl (C=O) groups excluding carboxylic acids is 2. The number of nitrogens with one attached hydrogen (secondary N) is 2. The van der Waals surface area contributed by atoms with Gasteiger partial charge in [0.05, 0.1) is 0 Å². The lowest BCUT2D eigenvalue weighted by atomic mass is 9.96. The van der Waals surface area contributed by atoms with Crippen molar-refractivity contribution in [2.24, 2.45) is 5.73 Å². The third-order valence-corrected chi connectivity index (χ3v) is 2.32. The summed E-state index contributed by atoms with van der Waals surface area (Å²) in [6.45, 7) is -0.307. The van der Waals surface area contributed by atoms with Crippen molar-refractivity contribution in [1.82, 2.24) is 10.8 Å². The summed E-state index contributed by atoms with van der Waals surface area (Å²) < 4.78 is 0. The highest BCUT2D eigenvalue weighted by Gasteiger charge is 2.15. The second kappa shape index (κ2) is 6.23. The Labute approximate surface area is 88.5 Å². The van der Waals surface area contributed by atoms with Gasteiger partial charge in [-0.1, -0.05) is 19.3 Å². The third kappa shape index (κ3) is 5.21. The van der Waals surface area contributed by atoms with Gasteiger partial charge in [-0.05, 0) is 12.8 Å². The van der Waals surface area contributed by atoms with Gasteiger partial charge in [0.1, 0.15) is 0 Å². The standard InChI is InChI=1S/C9H17N3O3/c10-8(13)6-15-12-9(14)11-7-4-2-1-3-5-7/h7H,1-6H2,(H2,10,13)(H2,11,12,14). The molecule has 4 N–H and O–H groups in total. The molecule has 86 valence electrons. The van der Waals surface area contributed by atoms with E-state index in [0.717, 1.165) is 25.7 Å². The first-order valence-electron chi connectivity index (χ1n) is 5.15. The average molecular weight is 215 g/mol. The Kier molecular flexibility index (Phi) is 4.89. The molecule has 1 aliphatic rings. The van der Waals surface area contributed by atoms with Crippen LogP contribution in [0.4, 0.5) is 4.79 Å². The zero-order valence-electron chi connectivity index (χ0n) is 8.62. The maximum Gasteiger partial charge on any atom is 0.338 e. The van der Waals surface area contributed by atoms with E-state index in [1.54, 1.807) is 0 Å². The van der Waals surface area contributed by atoms with E-state index in [1.807, 2.05) is 0 Å². The molecule has 0 atom stereocenters. The number of rotatable bonds is 4. The lowest BCUT2D eigenvalue weighted by Gasteiger charge is -2.22. The number of hydrogen-bond donors (Lipinski definition) is 3. The molecule has 0 radical (unpaired) electrons. The number of hydroxylamine groups is 1. The smallest absolute Gasteiger partial charge is 0.338 e. The molecule has 1 rings (SSSR count). The summed E-state index contributed by atoms with van der Waals surface area (Å²) >= 11 is 0. The molecule has 3 amide bonds. The highest BCUT2D eigenvalue weighted by molar-refractivity contribution is 5.76. The van der Waals surface area contributed by atoms with Crippen molar-refractivity contribution in [3.8, 4) is 0 Å². The fourth-order valence-electron chi connectivity index (χ4n) is 1.63. The number of urea groups is 1. The Morgan fingerprint density at radius 2 is 1.93 bits per heavy atom. The summed E-state index contributed by atoms with van der Waals surface area (Å²) in [5.74, 6) is -0.618. The molecule has 0 spiro atoms. The SMILES string of the molecule is NC(=O)CONC(=O)NC1CCCCC1. The van der Waals surface area contributed by atoms with Crippen LogP contribution in [-0.2, 0) is 9.63 Å². The van der Waals surface area contributed by atoms with Crippen LogP contribution in [0.5, 0.6) is 0 Å². The van der Waals surface area contributed by atoms with E-state index < -0.39 is 11.9 Å². The van der Waals surface area contributed by atoms with E-state index in [9.17, 15) is 9.59 Å². The van der Waals surface area contributed by atoms with Crippen LogP contribution in [0, 0.1) is 0 Å². The first kappa shape index (κ1) is 11.8.